The Kier molecular flexibility index (Phi) is 9.61. The molecule has 0 N–H and O–H groups in total. The SMILES string of the molecule is c1ccc(-c2ccc(-c3ccc(N(Cc4ccccc4-c4cccc5c4oc4c6ccccc6ccc54)c4cccc(-c5cccc6ccccc56)c4)cc3)cc2-c2ccccc2)cc1. The molecule has 0 aliphatic rings. The number of nitrogens with zero attached hydrogens (tertiary/aromatic N) is 1. The number of furan rings is 1. The van der Waals surface area contributed by atoms with Crippen LogP contribution in [0.15, 0.2) is 253 Å². The van der Waals surface area contributed by atoms with Gasteiger partial charge in [0.15, 0.2) is 0 Å². The highest BCUT2D eigenvalue weighted by Crippen LogP contribution is 2.42. The van der Waals surface area contributed by atoms with Crippen LogP contribution in [-0.4, -0.2) is 0 Å². The molecule has 0 bridgehead atoms. The average Bonchev–Trinajstić information content (AvgIpc) is 3.78. The molecule has 306 valence electrons. The Morgan fingerprint density at radius 1 is 0.277 bits per heavy atom. The maximum Gasteiger partial charge on any atom is 0.143 e. The van der Waals surface area contributed by atoms with E-state index in [0.717, 1.165) is 49.8 Å². The second-order valence-electron chi connectivity index (χ2n) is 16.8. The molecule has 0 saturated carbocycles. The van der Waals surface area contributed by atoms with Crippen LogP contribution in [0.25, 0.3) is 99.1 Å². The van der Waals surface area contributed by atoms with E-state index >= 15 is 0 Å². The predicted molar refractivity (Wildman–Crippen MR) is 275 cm³/mol. The van der Waals surface area contributed by atoms with E-state index in [1.807, 2.05) is 0 Å². The van der Waals surface area contributed by atoms with E-state index in [4.69, 9.17) is 4.42 Å². The monoisotopic (exact) mass is 829 g/mol. The van der Waals surface area contributed by atoms with Crippen molar-refractivity contribution in [2.75, 3.05) is 4.90 Å². The summed E-state index contributed by atoms with van der Waals surface area (Å²) in [7, 11) is 0. The van der Waals surface area contributed by atoms with Gasteiger partial charge in [0.25, 0.3) is 0 Å². The van der Waals surface area contributed by atoms with Gasteiger partial charge < -0.3 is 9.32 Å². The fourth-order valence-electron chi connectivity index (χ4n) is 9.76. The molecule has 12 aromatic rings. The van der Waals surface area contributed by atoms with Crippen molar-refractivity contribution >= 4 is 54.9 Å². The number of hydrogen-bond donors (Lipinski definition) is 0. The Hall–Kier alpha value is -8.46. The van der Waals surface area contributed by atoms with Gasteiger partial charge in [0.2, 0.25) is 0 Å². The first kappa shape index (κ1) is 38.2. The van der Waals surface area contributed by atoms with E-state index in [2.05, 4.69) is 254 Å². The molecule has 0 aliphatic heterocycles. The highest BCUT2D eigenvalue weighted by Gasteiger charge is 2.20. The minimum Gasteiger partial charge on any atom is -0.455 e. The number of hydrogen-bond acceptors (Lipinski definition) is 2. The van der Waals surface area contributed by atoms with Crippen molar-refractivity contribution in [3.05, 3.63) is 254 Å². The van der Waals surface area contributed by atoms with Gasteiger partial charge in [0, 0.05) is 39.6 Å². The molecule has 12 rings (SSSR count). The van der Waals surface area contributed by atoms with Gasteiger partial charge in [-0.25, -0.2) is 0 Å². The zero-order chi connectivity index (χ0) is 43.1. The molecule has 65 heavy (non-hydrogen) atoms. The number of benzene rings is 11. The average molecular weight is 830 g/mol. The lowest BCUT2D eigenvalue weighted by Gasteiger charge is -2.27. The van der Waals surface area contributed by atoms with Crippen LogP contribution >= 0.6 is 0 Å². The molecule has 0 amide bonds. The van der Waals surface area contributed by atoms with Gasteiger partial charge in [-0.15, -0.1) is 0 Å². The summed E-state index contributed by atoms with van der Waals surface area (Å²) >= 11 is 0. The van der Waals surface area contributed by atoms with Crippen LogP contribution in [0.4, 0.5) is 11.4 Å². The molecular formula is C63H43NO. The zero-order valence-electron chi connectivity index (χ0n) is 35.7. The molecule has 2 nitrogen and oxygen atoms in total. The second kappa shape index (κ2) is 16.3. The summed E-state index contributed by atoms with van der Waals surface area (Å²) in [5.74, 6) is 0. The quantitative estimate of drug-likeness (QED) is 0.144. The van der Waals surface area contributed by atoms with E-state index in [1.54, 1.807) is 0 Å². The fourth-order valence-corrected chi connectivity index (χ4v) is 9.76. The molecule has 11 aromatic carbocycles. The Morgan fingerprint density at radius 3 is 1.66 bits per heavy atom. The van der Waals surface area contributed by atoms with Crippen LogP contribution in [0.1, 0.15) is 5.56 Å². The van der Waals surface area contributed by atoms with Gasteiger partial charge in [0.1, 0.15) is 11.2 Å². The van der Waals surface area contributed by atoms with Crippen molar-refractivity contribution < 1.29 is 4.42 Å². The van der Waals surface area contributed by atoms with Crippen LogP contribution in [0.2, 0.25) is 0 Å². The third kappa shape index (κ3) is 7.03. The van der Waals surface area contributed by atoms with Crippen LogP contribution in [0.3, 0.4) is 0 Å². The molecule has 0 atom stereocenters. The van der Waals surface area contributed by atoms with E-state index in [1.165, 1.54) is 66.2 Å². The van der Waals surface area contributed by atoms with Gasteiger partial charge in [-0.1, -0.05) is 212 Å². The summed E-state index contributed by atoms with van der Waals surface area (Å²) < 4.78 is 6.89. The third-order valence-corrected chi connectivity index (χ3v) is 13.0. The van der Waals surface area contributed by atoms with Gasteiger partial charge in [-0.3, -0.25) is 0 Å². The summed E-state index contributed by atoms with van der Waals surface area (Å²) in [4.78, 5) is 2.46. The Morgan fingerprint density at radius 2 is 0.846 bits per heavy atom. The third-order valence-electron chi connectivity index (χ3n) is 13.0. The molecule has 0 spiro atoms. The first-order valence-electron chi connectivity index (χ1n) is 22.4. The maximum atomic E-state index is 6.89. The summed E-state index contributed by atoms with van der Waals surface area (Å²) in [6.07, 6.45) is 0. The van der Waals surface area contributed by atoms with Gasteiger partial charge in [-0.2, -0.15) is 0 Å². The first-order valence-corrected chi connectivity index (χ1v) is 22.4. The van der Waals surface area contributed by atoms with E-state index in [9.17, 15) is 0 Å². The van der Waals surface area contributed by atoms with Crippen LogP contribution in [0.5, 0.6) is 0 Å². The minimum absolute atomic E-state index is 0.637. The second-order valence-corrected chi connectivity index (χ2v) is 16.8. The van der Waals surface area contributed by atoms with E-state index < -0.39 is 0 Å². The molecule has 0 aliphatic carbocycles. The minimum atomic E-state index is 0.637. The van der Waals surface area contributed by atoms with Crippen molar-refractivity contribution in [2.24, 2.45) is 0 Å². The summed E-state index contributed by atoms with van der Waals surface area (Å²) in [5, 5.41) is 7.04. The number of fused-ring (bicyclic) bond motifs is 6. The summed E-state index contributed by atoms with van der Waals surface area (Å²) in [6, 6.07) is 89.9. The normalized spacial score (nSPS) is 11.4. The van der Waals surface area contributed by atoms with Crippen LogP contribution in [0, 0.1) is 0 Å². The predicted octanol–water partition coefficient (Wildman–Crippen LogP) is 17.6. The van der Waals surface area contributed by atoms with Crippen molar-refractivity contribution in [3.8, 4) is 55.6 Å². The number of anilines is 2. The van der Waals surface area contributed by atoms with E-state index in [0.29, 0.717) is 6.54 Å². The van der Waals surface area contributed by atoms with Crippen LogP contribution in [-0.2, 0) is 6.54 Å². The molecule has 1 aromatic heterocycles. The van der Waals surface area contributed by atoms with Gasteiger partial charge >= 0.3 is 0 Å². The topological polar surface area (TPSA) is 16.4 Å². The first-order chi connectivity index (χ1) is 32.2. The molecule has 0 unspecified atom stereocenters. The number of rotatable bonds is 9. The highest BCUT2D eigenvalue weighted by molar-refractivity contribution is 6.17. The zero-order valence-corrected chi connectivity index (χ0v) is 35.7. The lowest BCUT2D eigenvalue weighted by atomic mass is 9.91. The Labute approximate surface area is 378 Å². The van der Waals surface area contributed by atoms with Crippen molar-refractivity contribution in [1.82, 2.24) is 0 Å². The Bertz CT molecular complexity index is 3670. The molecule has 0 radical (unpaired) electrons. The lowest BCUT2D eigenvalue weighted by molar-refractivity contribution is 0.673. The number of para-hydroxylation sites is 1. The summed E-state index contributed by atoms with van der Waals surface area (Å²) in [5.41, 5.74) is 17.1. The largest absolute Gasteiger partial charge is 0.455 e. The van der Waals surface area contributed by atoms with Crippen molar-refractivity contribution in [3.63, 3.8) is 0 Å². The fraction of sp³-hybridized carbons (Fsp3) is 0.0159. The van der Waals surface area contributed by atoms with Gasteiger partial charge in [0.05, 0.1) is 0 Å². The molecule has 0 fully saturated rings. The molecule has 1 heterocycles. The van der Waals surface area contributed by atoms with E-state index in [-0.39, 0.29) is 0 Å². The highest BCUT2D eigenvalue weighted by atomic mass is 16.3. The molecule has 0 saturated heterocycles. The molecule has 2 heteroatoms. The van der Waals surface area contributed by atoms with Crippen molar-refractivity contribution in [2.45, 2.75) is 6.54 Å². The van der Waals surface area contributed by atoms with Crippen LogP contribution < -0.4 is 4.90 Å². The standard InChI is InChI=1S/C63H43NO/c1-3-16-44(17-4-1)56-38-35-48(41-61(56)46-18-5-2-6-19-46)43-32-36-51(37-33-43)64(52-25-13-24-49(40-52)54-29-14-23-45-20-7-10-26-53(45)54)42-50-22-9-11-27-55(50)58-30-15-31-59-60-39-34-47-21-8-12-28-57(47)62(60)65-63(58)59/h1-41H,42H2. The lowest BCUT2D eigenvalue weighted by Crippen LogP contribution is -2.17. The maximum absolute atomic E-state index is 6.89. The van der Waals surface area contributed by atoms with Gasteiger partial charge in [-0.05, 0) is 108 Å². The molecular weight excluding hydrogens is 787 g/mol. The summed E-state index contributed by atoms with van der Waals surface area (Å²) in [6.45, 7) is 0.637. The van der Waals surface area contributed by atoms with Crippen molar-refractivity contribution in [1.29, 1.82) is 0 Å². The smallest absolute Gasteiger partial charge is 0.143 e. The Balaban J connectivity index is 0.978.